The molecule has 0 saturated carbocycles. The standard InChI is InChI=1S/C24H20FN5O2.C21H16FN5O.C20H15FN4OS.C18H16FN5O3.C18H16FN5O2/c25-17-8-4-7-16(13-17)9-10-18-22-19(30-29-18)11-12-20(27-22)24(32)28-21(23(26)31)14-15-5-2-1-3-6-15;22-16-5-1-3-14(11-16)6-7-17-20-18(27-26-17)8-9-19(25-20)21(28)24-13-15-4-2-10-23-12-15;21-14-4-1-3-13(11-14)6-7-16-19-17(25-24-16)8-9-18(23-19)20(26)22-12-15-5-2-10-27-15;19-11-3-1-2-10(8-11)4-5-12-16-13(24-23-12)6-7-14(21-16)18(27)22-15(9-25)17(20)26;1-10(17(20)25)21-18(26)15-8-7-14-16(22-15)13(23-24-14)6-5-11-3-2-4-12(19)9-11/h1-13,21H,14H2,(H2,26,31)(H,28,32)(H,29,30);1-12H,13H2,(H,24,28)(H,26,27);1-11H,12H2,(H,22,26)(H,24,25);1-8,15,25H,9H2,(H2,20,26)(H,22,27)(H,23,24);2-10H,1H3,(H2,20,25)(H,21,26)(H,23,24)/b10-9+;2*7-6+;5-4+;6-5+. The van der Waals surface area contributed by atoms with E-state index in [1.807, 2.05) is 60.0 Å². The van der Waals surface area contributed by atoms with Crippen LogP contribution < -0.4 is 43.8 Å². The first-order valence-electron chi connectivity index (χ1n) is 42.7. The Bertz CT molecular complexity index is 7700. The number of nitrogens with two attached hydrogens (primary N) is 3. The summed E-state index contributed by atoms with van der Waals surface area (Å²) in [5.74, 6) is -5.97. The molecule has 0 aliphatic heterocycles. The van der Waals surface area contributed by atoms with E-state index in [-0.39, 0.29) is 70.1 Å². The van der Waals surface area contributed by atoms with Gasteiger partial charge in [-0.2, -0.15) is 25.5 Å². The monoisotopic (exact) mass is 1900 g/mol. The number of aliphatic hydroxyl groups excluding tert-OH is 1. The summed E-state index contributed by atoms with van der Waals surface area (Å²) in [5, 5.41) is 59.3. The number of H-pyrrole nitrogens is 5. The van der Waals surface area contributed by atoms with Gasteiger partial charge in [0, 0.05) is 30.2 Å². The Labute approximate surface area is 795 Å². The summed E-state index contributed by atoms with van der Waals surface area (Å²) in [6.45, 7) is 1.71. The van der Waals surface area contributed by atoms with Gasteiger partial charge in [0.05, 0.1) is 40.7 Å². The number of carbonyl (C=O) groups excluding carboxylic acids is 8. The van der Waals surface area contributed by atoms with E-state index in [9.17, 15) is 60.3 Å². The number of nitrogens with one attached hydrogen (secondary N) is 10. The number of pyridine rings is 6. The highest BCUT2D eigenvalue weighted by atomic mass is 32.1. The van der Waals surface area contributed by atoms with Crippen molar-refractivity contribution in [3.63, 3.8) is 0 Å². The molecule has 702 valence electrons. The summed E-state index contributed by atoms with van der Waals surface area (Å²) in [5.41, 5.74) is 30.3. The minimum atomic E-state index is -1.20. The van der Waals surface area contributed by atoms with Crippen molar-refractivity contribution in [2.45, 2.75) is 44.6 Å². The van der Waals surface area contributed by atoms with Gasteiger partial charge in [-0.25, -0.2) is 46.9 Å². The molecular formula is C101H83F5N24O9S. The number of aliphatic hydroxyl groups is 1. The molecule has 3 atom stereocenters. The number of amides is 8. The highest BCUT2D eigenvalue weighted by Gasteiger charge is 2.24. The van der Waals surface area contributed by atoms with Crippen molar-refractivity contribution in [1.29, 1.82) is 0 Å². The first-order valence-corrected chi connectivity index (χ1v) is 43.5. The predicted molar refractivity (Wildman–Crippen MR) is 521 cm³/mol. The second kappa shape index (κ2) is 46.8. The zero-order valence-electron chi connectivity index (χ0n) is 73.7. The van der Waals surface area contributed by atoms with E-state index in [0.717, 1.165) is 27.1 Å². The molecule has 0 spiro atoms. The SMILES string of the molecule is CC(NC(=O)c1ccc2[nH]nc(/C=C/c3cccc(F)c3)c2n1)C(N)=O.NC(=O)C(CO)NC(=O)c1ccc2[nH]nc(/C=C/c3cccc(F)c3)c2n1.NC(=O)C(Cc1ccccc1)NC(=O)c1ccc2[nH]nc(/C=C/c3cccc(F)c3)c2n1.O=C(NCc1cccnc1)c1ccc2[nH]nc(/C=C/c3cccc(F)c3)c2n1.O=C(NCc1cccs1)c1ccc2[nH]nc(/C=C/c3cccc(F)c3)c2n1. The van der Waals surface area contributed by atoms with Crippen molar-refractivity contribution >= 4 is 175 Å². The lowest BCUT2D eigenvalue weighted by molar-refractivity contribution is -0.121. The van der Waals surface area contributed by atoms with E-state index < -0.39 is 60.2 Å². The van der Waals surface area contributed by atoms with Gasteiger partial charge in [0.2, 0.25) is 17.7 Å². The summed E-state index contributed by atoms with van der Waals surface area (Å²) >= 11 is 1.59. The molecule has 0 radical (unpaired) electrons. The number of hydrogen-bond acceptors (Lipinski definition) is 21. The van der Waals surface area contributed by atoms with Crippen LogP contribution in [0.1, 0.15) is 132 Å². The van der Waals surface area contributed by atoms with E-state index in [1.165, 1.54) is 85.8 Å². The van der Waals surface area contributed by atoms with Crippen molar-refractivity contribution in [3.05, 3.63) is 384 Å². The molecule has 12 aromatic heterocycles. The molecule has 0 bridgehead atoms. The van der Waals surface area contributed by atoms with Crippen LogP contribution in [0.15, 0.2) is 254 Å². The molecule has 12 heterocycles. The summed E-state index contributed by atoms with van der Waals surface area (Å²) in [6.07, 6.45) is 20.7. The molecule has 0 aliphatic rings. The molecule has 140 heavy (non-hydrogen) atoms. The number of carbonyl (C=O) groups is 8. The lowest BCUT2D eigenvalue weighted by atomic mass is 10.1. The normalized spacial score (nSPS) is 11.9. The maximum Gasteiger partial charge on any atom is 0.270 e. The molecule has 39 heteroatoms. The third-order valence-electron chi connectivity index (χ3n) is 20.5. The number of rotatable bonds is 28. The minimum absolute atomic E-state index is 0.0315. The molecule has 18 rings (SSSR count). The van der Waals surface area contributed by atoms with Crippen molar-refractivity contribution in [1.82, 2.24) is 107 Å². The summed E-state index contributed by atoms with van der Waals surface area (Å²) in [6, 6.07) is 61.1. The van der Waals surface area contributed by atoms with Gasteiger partial charge in [-0.1, -0.05) is 134 Å². The number of nitrogens with zero attached hydrogens (tertiary/aromatic N) is 11. The lowest BCUT2D eigenvalue weighted by Gasteiger charge is -2.15. The van der Waals surface area contributed by atoms with Crippen LogP contribution in [0.5, 0.6) is 0 Å². The second-order valence-corrected chi connectivity index (χ2v) is 31.6. The van der Waals surface area contributed by atoms with Gasteiger partial charge in [0.15, 0.2) is 0 Å². The van der Waals surface area contributed by atoms with Gasteiger partial charge in [0.25, 0.3) is 29.5 Å². The Balaban J connectivity index is 0.000000140. The van der Waals surface area contributed by atoms with Crippen LogP contribution in [0.4, 0.5) is 22.0 Å². The van der Waals surface area contributed by atoms with Gasteiger partial charge in [0.1, 0.15) is 132 Å². The number of aromatic amines is 5. The summed E-state index contributed by atoms with van der Waals surface area (Å²) in [7, 11) is 0. The fourth-order valence-electron chi connectivity index (χ4n) is 13.3. The topological polar surface area (TPSA) is 516 Å². The number of thiophene rings is 1. The van der Waals surface area contributed by atoms with Crippen LogP contribution in [-0.4, -0.2) is 158 Å². The quantitative estimate of drug-likeness (QED) is 0.0203. The first kappa shape index (κ1) is 97.4. The number of benzene rings is 6. The molecular weight excluding hydrogens is 1820 g/mol. The van der Waals surface area contributed by atoms with Crippen LogP contribution in [0.25, 0.3) is 116 Å². The van der Waals surface area contributed by atoms with E-state index >= 15 is 0 Å². The van der Waals surface area contributed by atoms with Crippen molar-refractivity contribution in [2.75, 3.05) is 6.61 Å². The number of primary amides is 3. The van der Waals surface area contributed by atoms with Crippen LogP contribution in [0, 0.1) is 29.1 Å². The highest BCUT2D eigenvalue weighted by molar-refractivity contribution is 7.09. The number of halogens is 5. The van der Waals surface area contributed by atoms with Crippen molar-refractivity contribution < 1.29 is 65.4 Å². The maximum atomic E-state index is 13.4. The lowest BCUT2D eigenvalue weighted by Crippen LogP contribution is -2.46. The fraction of sp³-hybridized carbons (Fsp3) is 0.0792. The van der Waals surface area contributed by atoms with Gasteiger partial charge in [-0.05, 0) is 215 Å². The number of hydrogen-bond donors (Lipinski definition) is 14. The van der Waals surface area contributed by atoms with Crippen molar-refractivity contribution in [2.24, 2.45) is 17.2 Å². The predicted octanol–water partition coefficient (Wildman–Crippen LogP) is 13.7. The molecule has 17 N–H and O–H groups in total. The van der Waals surface area contributed by atoms with E-state index in [2.05, 4.69) is 107 Å². The van der Waals surface area contributed by atoms with E-state index in [4.69, 9.17) is 22.3 Å². The van der Waals surface area contributed by atoms with Gasteiger partial charge in [-0.15, -0.1) is 11.3 Å². The Morgan fingerprint density at radius 1 is 0.350 bits per heavy atom. The zero-order valence-corrected chi connectivity index (χ0v) is 74.6. The largest absolute Gasteiger partial charge is 0.394 e. The van der Waals surface area contributed by atoms with Gasteiger partial charge < -0.3 is 48.9 Å². The maximum absolute atomic E-state index is 13.4. The molecule has 3 unspecified atom stereocenters. The minimum Gasteiger partial charge on any atom is -0.394 e. The second-order valence-electron chi connectivity index (χ2n) is 30.6. The third-order valence-corrected chi connectivity index (χ3v) is 21.3. The average molecular weight is 1900 g/mol. The van der Waals surface area contributed by atoms with Gasteiger partial charge in [-0.3, -0.25) is 68.8 Å². The number of fused-ring (bicyclic) bond motifs is 5. The van der Waals surface area contributed by atoms with Crippen LogP contribution in [-0.2, 0) is 33.9 Å². The first-order chi connectivity index (χ1) is 67.8. The summed E-state index contributed by atoms with van der Waals surface area (Å²) in [4.78, 5) is 123. The molecule has 6 aromatic carbocycles. The Kier molecular flexibility index (Phi) is 32.6. The molecule has 18 aromatic rings. The Hall–Kier alpha value is -18.7. The van der Waals surface area contributed by atoms with Gasteiger partial charge >= 0.3 is 0 Å². The smallest absolute Gasteiger partial charge is 0.270 e. The molecule has 0 saturated heterocycles. The van der Waals surface area contributed by atoms with Crippen molar-refractivity contribution in [3.8, 4) is 0 Å². The van der Waals surface area contributed by atoms with Crippen LogP contribution >= 0.6 is 11.3 Å². The third kappa shape index (κ3) is 26.9. The fourth-order valence-corrected chi connectivity index (χ4v) is 13.9. The molecule has 0 aliphatic carbocycles. The van der Waals surface area contributed by atoms with Crippen LogP contribution in [0.3, 0.4) is 0 Å². The van der Waals surface area contributed by atoms with E-state index in [0.29, 0.717) is 119 Å². The summed E-state index contributed by atoms with van der Waals surface area (Å²) < 4.78 is 66.5. The molecule has 8 amide bonds. The Morgan fingerprint density at radius 2 is 0.671 bits per heavy atom. The average Bonchev–Trinajstić information content (AvgIpc) is 1.68. The van der Waals surface area contributed by atoms with Crippen LogP contribution in [0.2, 0.25) is 0 Å². The molecule has 33 nitrogen and oxygen atoms in total. The zero-order chi connectivity index (χ0) is 98.6. The van der Waals surface area contributed by atoms with E-state index in [1.54, 1.807) is 188 Å². The Morgan fingerprint density at radius 3 is 0.971 bits per heavy atom. The number of aromatic nitrogens is 16. The highest BCUT2D eigenvalue weighted by Crippen LogP contribution is 2.25. The molecule has 0 fully saturated rings.